The molecule has 4 atom stereocenters. The Balaban J connectivity index is 2.07. The predicted octanol–water partition coefficient (Wildman–Crippen LogP) is 4.57. The molecular formula is C17H26ClNO. The van der Waals surface area contributed by atoms with Crippen LogP contribution in [0.1, 0.15) is 51.7 Å². The Morgan fingerprint density at radius 3 is 2.15 bits per heavy atom. The first-order valence-corrected chi connectivity index (χ1v) is 8.00. The highest BCUT2D eigenvalue weighted by Gasteiger charge is 2.28. The molecule has 4 unspecified atom stereocenters. The van der Waals surface area contributed by atoms with Crippen LogP contribution in [0.2, 0.25) is 5.02 Å². The van der Waals surface area contributed by atoms with Gasteiger partial charge >= 0.3 is 0 Å². The van der Waals surface area contributed by atoms with Crippen molar-refractivity contribution in [3.63, 3.8) is 0 Å². The van der Waals surface area contributed by atoms with Crippen molar-refractivity contribution in [2.24, 2.45) is 17.6 Å². The van der Waals surface area contributed by atoms with Crippen LogP contribution in [-0.2, 0) is 4.74 Å². The number of nitrogens with two attached hydrogens (primary N) is 1. The third kappa shape index (κ3) is 4.21. The van der Waals surface area contributed by atoms with Crippen LogP contribution >= 0.6 is 11.6 Å². The zero-order chi connectivity index (χ0) is 14.7. The Bertz CT molecular complexity index is 408. The van der Waals surface area contributed by atoms with E-state index in [0.29, 0.717) is 6.10 Å². The van der Waals surface area contributed by atoms with Gasteiger partial charge in [-0.3, -0.25) is 0 Å². The minimum absolute atomic E-state index is 0.0243. The normalized spacial score (nSPS) is 29.9. The van der Waals surface area contributed by atoms with E-state index in [-0.39, 0.29) is 12.1 Å². The van der Waals surface area contributed by atoms with E-state index in [9.17, 15) is 0 Å². The number of hydrogen-bond donors (Lipinski definition) is 1. The van der Waals surface area contributed by atoms with Crippen molar-refractivity contribution in [3.8, 4) is 0 Å². The number of rotatable bonds is 4. The maximum Gasteiger partial charge on any atom is 0.0976 e. The first-order valence-electron chi connectivity index (χ1n) is 7.62. The molecule has 0 aromatic heterocycles. The van der Waals surface area contributed by atoms with Crippen molar-refractivity contribution in [3.05, 3.63) is 34.9 Å². The summed E-state index contributed by atoms with van der Waals surface area (Å²) in [6.45, 7) is 6.64. The Morgan fingerprint density at radius 1 is 1.10 bits per heavy atom. The molecule has 0 aliphatic heterocycles. The predicted molar refractivity (Wildman–Crippen MR) is 84.9 cm³/mol. The molecule has 1 aliphatic carbocycles. The van der Waals surface area contributed by atoms with Crippen molar-refractivity contribution in [1.82, 2.24) is 0 Å². The van der Waals surface area contributed by atoms with E-state index in [4.69, 9.17) is 22.1 Å². The largest absolute Gasteiger partial charge is 0.369 e. The summed E-state index contributed by atoms with van der Waals surface area (Å²) in [5, 5.41) is 0.747. The Morgan fingerprint density at radius 2 is 1.65 bits per heavy atom. The van der Waals surface area contributed by atoms with Gasteiger partial charge in [-0.05, 0) is 55.7 Å². The van der Waals surface area contributed by atoms with Crippen LogP contribution in [0.15, 0.2) is 24.3 Å². The van der Waals surface area contributed by atoms with Crippen LogP contribution in [0.5, 0.6) is 0 Å². The van der Waals surface area contributed by atoms with E-state index < -0.39 is 0 Å². The van der Waals surface area contributed by atoms with E-state index in [2.05, 4.69) is 13.8 Å². The second-order valence-corrected chi connectivity index (χ2v) is 6.94. The molecule has 0 heterocycles. The third-order valence-electron chi connectivity index (χ3n) is 4.15. The molecule has 1 aromatic carbocycles. The standard InChI is InChI=1S/C17H26ClNO/c1-11-8-12(2)10-16(9-11)20-17(13(3)19)14-4-6-15(18)7-5-14/h4-7,11-13,16-17H,8-10,19H2,1-3H3. The van der Waals surface area contributed by atoms with Gasteiger partial charge in [0.15, 0.2) is 0 Å². The van der Waals surface area contributed by atoms with Gasteiger partial charge in [-0.2, -0.15) is 0 Å². The Kier molecular flexibility index (Phi) is 5.48. The van der Waals surface area contributed by atoms with Crippen LogP contribution in [0, 0.1) is 11.8 Å². The van der Waals surface area contributed by atoms with Gasteiger partial charge in [-0.15, -0.1) is 0 Å². The van der Waals surface area contributed by atoms with Gasteiger partial charge in [-0.25, -0.2) is 0 Å². The third-order valence-corrected chi connectivity index (χ3v) is 4.40. The number of hydrogen-bond acceptors (Lipinski definition) is 2. The summed E-state index contributed by atoms with van der Waals surface area (Å²) in [4.78, 5) is 0. The maximum atomic E-state index is 6.35. The number of halogens is 1. The molecule has 112 valence electrons. The fourth-order valence-corrected chi connectivity index (χ4v) is 3.48. The molecule has 2 N–H and O–H groups in total. The maximum absolute atomic E-state index is 6.35. The molecular weight excluding hydrogens is 270 g/mol. The van der Waals surface area contributed by atoms with E-state index in [1.807, 2.05) is 31.2 Å². The molecule has 0 radical (unpaired) electrons. The monoisotopic (exact) mass is 295 g/mol. The highest BCUT2D eigenvalue weighted by molar-refractivity contribution is 6.30. The van der Waals surface area contributed by atoms with E-state index in [1.165, 1.54) is 6.42 Å². The molecule has 1 saturated carbocycles. The smallest absolute Gasteiger partial charge is 0.0976 e. The summed E-state index contributed by atoms with van der Waals surface area (Å²) in [7, 11) is 0. The molecule has 1 fully saturated rings. The first-order chi connectivity index (χ1) is 9.45. The highest BCUT2D eigenvalue weighted by atomic mass is 35.5. The van der Waals surface area contributed by atoms with E-state index >= 15 is 0 Å². The van der Waals surface area contributed by atoms with Crippen LogP contribution in [0.3, 0.4) is 0 Å². The van der Waals surface area contributed by atoms with Crippen molar-refractivity contribution in [2.75, 3.05) is 0 Å². The molecule has 0 spiro atoms. The zero-order valence-electron chi connectivity index (χ0n) is 12.7. The lowest BCUT2D eigenvalue weighted by molar-refractivity contribution is -0.0585. The summed E-state index contributed by atoms with van der Waals surface area (Å²) in [5.74, 6) is 1.48. The van der Waals surface area contributed by atoms with Gasteiger partial charge in [0.2, 0.25) is 0 Å². The van der Waals surface area contributed by atoms with Crippen LogP contribution in [0.25, 0.3) is 0 Å². The van der Waals surface area contributed by atoms with Crippen molar-refractivity contribution in [1.29, 1.82) is 0 Å². The first kappa shape index (κ1) is 15.8. The lowest BCUT2D eigenvalue weighted by Crippen LogP contribution is -2.34. The van der Waals surface area contributed by atoms with E-state index in [1.54, 1.807) is 0 Å². The average Bonchev–Trinajstić information content (AvgIpc) is 2.36. The zero-order valence-corrected chi connectivity index (χ0v) is 13.4. The van der Waals surface area contributed by atoms with Crippen LogP contribution in [0.4, 0.5) is 0 Å². The van der Waals surface area contributed by atoms with E-state index in [0.717, 1.165) is 35.3 Å². The molecule has 0 amide bonds. The average molecular weight is 296 g/mol. The van der Waals surface area contributed by atoms with Crippen LogP contribution < -0.4 is 5.73 Å². The van der Waals surface area contributed by atoms with Crippen LogP contribution in [-0.4, -0.2) is 12.1 Å². The summed E-state index contributed by atoms with van der Waals surface area (Å²) in [6, 6.07) is 7.82. The van der Waals surface area contributed by atoms with Gasteiger partial charge in [0.25, 0.3) is 0 Å². The molecule has 0 saturated heterocycles. The molecule has 2 nitrogen and oxygen atoms in total. The van der Waals surface area contributed by atoms with Gasteiger partial charge in [0.05, 0.1) is 12.2 Å². The molecule has 0 bridgehead atoms. The summed E-state index contributed by atoms with van der Waals surface area (Å²) < 4.78 is 6.35. The van der Waals surface area contributed by atoms with Gasteiger partial charge in [-0.1, -0.05) is 37.6 Å². The summed E-state index contributed by atoms with van der Waals surface area (Å²) in [5.41, 5.74) is 7.26. The summed E-state index contributed by atoms with van der Waals surface area (Å²) >= 11 is 5.95. The van der Waals surface area contributed by atoms with Gasteiger partial charge in [0.1, 0.15) is 0 Å². The van der Waals surface area contributed by atoms with Gasteiger partial charge < -0.3 is 10.5 Å². The second kappa shape index (κ2) is 6.93. The molecule has 20 heavy (non-hydrogen) atoms. The minimum atomic E-state index is -0.0465. The molecule has 3 heteroatoms. The molecule has 2 rings (SSSR count). The SMILES string of the molecule is CC1CC(C)CC(OC(c2ccc(Cl)cc2)C(C)N)C1. The number of benzene rings is 1. The molecule has 1 aliphatic rings. The highest BCUT2D eigenvalue weighted by Crippen LogP contribution is 2.34. The Labute approximate surface area is 127 Å². The minimum Gasteiger partial charge on any atom is -0.369 e. The lowest BCUT2D eigenvalue weighted by atomic mass is 9.81. The Hall–Kier alpha value is -0.570. The second-order valence-electron chi connectivity index (χ2n) is 6.51. The molecule has 1 aromatic rings. The topological polar surface area (TPSA) is 35.2 Å². The summed E-state index contributed by atoms with van der Waals surface area (Å²) in [6.07, 6.45) is 3.86. The fraction of sp³-hybridized carbons (Fsp3) is 0.647. The van der Waals surface area contributed by atoms with Crippen molar-refractivity contribution in [2.45, 2.75) is 58.3 Å². The van der Waals surface area contributed by atoms with Crippen molar-refractivity contribution >= 4 is 11.6 Å². The lowest BCUT2D eigenvalue weighted by Gasteiger charge is -2.35. The van der Waals surface area contributed by atoms with Crippen molar-refractivity contribution < 1.29 is 4.74 Å². The quantitative estimate of drug-likeness (QED) is 0.883. The van der Waals surface area contributed by atoms with Gasteiger partial charge in [0, 0.05) is 11.1 Å². The fourth-order valence-electron chi connectivity index (χ4n) is 3.35. The number of ether oxygens (including phenoxy) is 1.